The number of aryl methyl sites for hydroxylation is 2. The smallest absolute Gasteiger partial charge is 0.210 e. The highest BCUT2D eigenvalue weighted by Gasteiger charge is 2.41. The molecule has 1 N–H and O–H groups in total. The fraction of sp³-hybridized carbons (Fsp3) is 0.143. The number of hydrogen-bond acceptors (Lipinski definition) is 1. The Morgan fingerprint density at radius 1 is 0.792 bits per heavy atom. The lowest BCUT2D eigenvalue weighted by Gasteiger charge is -2.21. The minimum Gasteiger partial charge on any atom is -0.240 e. The highest BCUT2D eigenvalue weighted by Crippen LogP contribution is 2.55. The molecule has 0 saturated heterocycles. The lowest BCUT2D eigenvalue weighted by molar-refractivity contribution is 0.621. The maximum Gasteiger partial charge on any atom is 0.210 e. The summed E-state index contributed by atoms with van der Waals surface area (Å²) >= 11 is 6.14. The van der Waals surface area contributed by atoms with E-state index < -0.39 is 7.49 Å². The fourth-order valence-electron chi connectivity index (χ4n) is 2.81. The Balaban J connectivity index is 2.09. The van der Waals surface area contributed by atoms with Crippen LogP contribution < -0.4 is 10.6 Å². The first kappa shape index (κ1) is 17.2. The summed E-state index contributed by atoms with van der Waals surface area (Å²) in [5.74, 6) is 0. The van der Waals surface area contributed by atoms with Crippen molar-refractivity contribution in [3.63, 3.8) is 0 Å². The average molecular weight is 356 g/mol. The summed E-state index contributed by atoms with van der Waals surface area (Å²) in [4.78, 5) is 11.7. The Labute approximate surface area is 149 Å². The van der Waals surface area contributed by atoms with Crippen LogP contribution in [0.25, 0.3) is 0 Å². The van der Waals surface area contributed by atoms with Crippen molar-refractivity contribution in [2.45, 2.75) is 20.0 Å². The van der Waals surface area contributed by atoms with Gasteiger partial charge in [0.15, 0.2) is 0 Å². The monoisotopic (exact) mass is 355 g/mol. The van der Waals surface area contributed by atoms with Gasteiger partial charge in [0.1, 0.15) is 16.8 Å². The molecule has 0 spiro atoms. The van der Waals surface area contributed by atoms with Crippen LogP contribution in [0.3, 0.4) is 0 Å². The van der Waals surface area contributed by atoms with Crippen LogP contribution in [-0.2, 0) is 6.16 Å². The van der Waals surface area contributed by atoms with Gasteiger partial charge in [-0.05, 0) is 55.8 Å². The number of hydrogen-bond donors (Lipinski definition) is 1. The molecule has 0 heterocycles. The molecule has 0 aliphatic heterocycles. The molecule has 0 saturated carbocycles. The van der Waals surface area contributed by atoms with Crippen molar-refractivity contribution in [1.29, 1.82) is 0 Å². The third-order valence-electron chi connectivity index (χ3n) is 4.22. The van der Waals surface area contributed by atoms with Gasteiger partial charge in [-0.15, -0.1) is 0 Å². The summed E-state index contributed by atoms with van der Waals surface area (Å²) < 4.78 is 0. The second-order valence-corrected chi connectivity index (χ2v) is 9.55. The SMILES string of the molecule is Cc1ccc([P+](O)(Cc2cccc(Cl)c2)c2ccc(C)cc2)cc1. The first-order valence-electron chi connectivity index (χ1n) is 7.97. The third-order valence-corrected chi connectivity index (χ3v) is 7.59. The van der Waals surface area contributed by atoms with E-state index in [4.69, 9.17) is 11.6 Å². The first-order valence-corrected chi connectivity index (χ1v) is 10.3. The van der Waals surface area contributed by atoms with Gasteiger partial charge >= 0.3 is 0 Å². The van der Waals surface area contributed by atoms with E-state index in [1.807, 2.05) is 48.5 Å². The summed E-state index contributed by atoms with van der Waals surface area (Å²) in [6.45, 7) is 4.12. The molecule has 0 amide bonds. The molecule has 3 aromatic rings. The van der Waals surface area contributed by atoms with E-state index in [1.54, 1.807) is 0 Å². The Morgan fingerprint density at radius 3 is 1.75 bits per heavy atom. The van der Waals surface area contributed by atoms with Gasteiger partial charge in [0, 0.05) is 5.02 Å². The lowest BCUT2D eigenvalue weighted by atomic mass is 10.2. The molecule has 0 aromatic heterocycles. The van der Waals surface area contributed by atoms with Crippen LogP contribution in [0.1, 0.15) is 16.7 Å². The van der Waals surface area contributed by atoms with E-state index >= 15 is 0 Å². The van der Waals surface area contributed by atoms with Crippen molar-refractivity contribution in [3.8, 4) is 0 Å². The predicted molar refractivity (Wildman–Crippen MR) is 106 cm³/mol. The number of rotatable bonds is 4. The van der Waals surface area contributed by atoms with Gasteiger partial charge in [-0.1, -0.05) is 59.1 Å². The zero-order chi connectivity index (χ0) is 17.2. The third kappa shape index (κ3) is 3.70. The molecule has 3 rings (SSSR count). The molecule has 0 unspecified atom stereocenters. The molecule has 0 aliphatic rings. The van der Waals surface area contributed by atoms with E-state index in [9.17, 15) is 4.89 Å². The molecule has 0 aliphatic carbocycles. The topological polar surface area (TPSA) is 20.2 Å². The van der Waals surface area contributed by atoms with Crippen LogP contribution in [0.4, 0.5) is 0 Å². The Kier molecular flexibility index (Phi) is 5.06. The number of benzene rings is 3. The molecule has 0 fully saturated rings. The molecule has 3 aromatic carbocycles. The summed E-state index contributed by atoms with van der Waals surface area (Å²) in [6.07, 6.45) is 0.583. The summed E-state index contributed by atoms with van der Waals surface area (Å²) in [7, 11) is -2.51. The fourth-order valence-corrected chi connectivity index (χ4v) is 5.70. The van der Waals surface area contributed by atoms with Crippen LogP contribution >= 0.6 is 19.1 Å². The largest absolute Gasteiger partial charge is 0.240 e. The molecule has 0 radical (unpaired) electrons. The second kappa shape index (κ2) is 7.07. The van der Waals surface area contributed by atoms with Crippen LogP contribution in [0.2, 0.25) is 5.02 Å². The average Bonchev–Trinajstić information content (AvgIpc) is 2.56. The standard InChI is InChI=1S/C21H21ClOP/c1-16-6-10-20(11-7-16)24(23,21-12-8-17(2)9-13-21)15-18-4-3-5-19(22)14-18/h3-14,23H,15H2,1-2H3/q+1. The predicted octanol–water partition coefficient (Wildman–Crippen LogP) is 5.03. The van der Waals surface area contributed by atoms with Crippen LogP contribution in [0.15, 0.2) is 72.8 Å². The minimum absolute atomic E-state index is 0.583. The zero-order valence-electron chi connectivity index (χ0n) is 13.9. The summed E-state index contributed by atoms with van der Waals surface area (Å²) in [5, 5.41) is 2.70. The van der Waals surface area contributed by atoms with Gasteiger partial charge in [-0.25, -0.2) is 4.89 Å². The van der Waals surface area contributed by atoms with Crippen molar-refractivity contribution in [2.75, 3.05) is 0 Å². The maximum absolute atomic E-state index is 11.7. The number of halogens is 1. The summed E-state index contributed by atoms with van der Waals surface area (Å²) in [6, 6.07) is 24.2. The molecule has 1 nitrogen and oxygen atoms in total. The molecular weight excluding hydrogens is 335 g/mol. The quantitative estimate of drug-likeness (QED) is 0.650. The van der Waals surface area contributed by atoms with E-state index in [2.05, 4.69) is 38.1 Å². The molecule has 0 atom stereocenters. The maximum atomic E-state index is 11.7. The second-order valence-electron chi connectivity index (χ2n) is 6.23. The zero-order valence-corrected chi connectivity index (χ0v) is 15.6. The summed E-state index contributed by atoms with van der Waals surface area (Å²) in [5.41, 5.74) is 3.44. The van der Waals surface area contributed by atoms with Crippen LogP contribution in [-0.4, -0.2) is 4.89 Å². The van der Waals surface area contributed by atoms with E-state index in [-0.39, 0.29) is 0 Å². The van der Waals surface area contributed by atoms with Gasteiger partial charge in [0.2, 0.25) is 7.49 Å². The normalized spacial score (nSPS) is 11.5. The van der Waals surface area contributed by atoms with E-state index in [0.717, 1.165) is 16.2 Å². The van der Waals surface area contributed by atoms with Crippen molar-refractivity contribution in [1.82, 2.24) is 0 Å². The minimum atomic E-state index is -2.51. The van der Waals surface area contributed by atoms with Crippen molar-refractivity contribution in [2.24, 2.45) is 0 Å². The van der Waals surface area contributed by atoms with Gasteiger partial charge in [-0.3, -0.25) is 0 Å². The van der Waals surface area contributed by atoms with E-state index in [0.29, 0.717) is 11.2 Å². The van der Waals surface area contributed by atoms with Crippen molar-refractivity contribution >= 4 is 29.7 Å². The van der Waals surface area contributed by atoms with Crippen LogP contribution in [0.5, 0.6) is 0 Å². The Hall–Kier alpha value is -1.66. The lowest BCUT2D eigenvalue weighted by Crippen LogP contribution is -2.23. The molecule has 24 heavy (non-hydrogen) atoms. The highest BCUT2D eigenvalue weighted by atomic mass is 35.5. The van der Waals surface area contributed by atoms with Gasteiger partial charge in [0.25, 0.3) is 0 Å². The molecular formula is C21H21ClOP+. The Morgan fingerprint density at radius 2 is 1.29 bits per heavy atom. The molecule has 0 bridgehead atoms. The first-order chi connectivity index (χ1) is 11.5. The van der Waals surface area contributed by atoms with E-state index in [1.165, 1.54) is 11.1 Å². The molecule has 3 heteroatoms. The van der Waals surface area contributed by atoms with Crippen molar-refractivity contribution in [3.05, 3.63) is 94.5 Å². The highest BCUT2D eigenvalue weighted by molar-refractivity contribution is 7.83. The van der Waals surface area contributed by atoms with Crippen LogP contribution in [0, 0.1) is 13.8 Å². The van der Waals surface area contributed by atoms with Gasteiger partial charge in [0.05, 0.1) is 0 Å². The van der Waals surface area contributed by atoms with Gasteiger partial charge in [-0.2, -0.15) is 0 Å². The Bertz CT molecular complexity index is 780. The van der Waals surface area contributed by atoms with Gasteiger partial charge < -0.3 is 0 Å². The molecule has 122 valence electrons. The van der Waals surface area contributed by atoms with Crippen molar-refractivity contribution < 1.29 is 4.89 Å².